The molecular formula is C12H17FN2O2. The van der Waals surface area contributed by atoms with Gasteiger partial charge in [-0.05, 0) is 37.6 Å². The number of ether oxygens (including phenoxy) is 1. The summed E-state index contributed by atoms with van der Waals surface area (Å²) in [5, 5.41) is 2.86. The molecule has 1 aromatic rings. The van der Waals surface area contributed by atoms with Crippen LogP contribution in [0.25, 0.3) is 0 Å². The number of carbonyl (C=O) groups excluding carboxylic acids is 1. The molecule has 5 heteroatoms. The molecule has 0 aromatic heterocycles. The normalized spacial score (nSPS) is 10.2. The van der Waals surface area contributed by atoms with Crippen LogP contribution >= 0.6 is 0 Å². The molecule has 0 heterocycles. The lowest BCUT2D eigenvalue weighted by atomic mass is 10.1. The number of primary amides is 1. The maximum atomic E-state index is 13.5. The van der Waals surface area contributed by atoms with Crippen molar-refractivity contribution in [3.05, 3.63) is 29.6 Å². The van der Waals surface area contributed by atoms with Gasteiger partial charge in [0.2, 0.25) is 5.91 Å². The lowest BCUT2D eigenvalue weighted by Gasteiger charge is -2.07. The molecule has 0 fully saturated rings. The minimum atomic E-state index is -0.400. The van der Waals surface area contributed by atoms with Crippen LogP contribution in [-0.4, -0.2) is 25.6 Å². The van der Waals surface area contributed by atoms with Crippen LogP contribution in [0.1, 0.15) is 12.5 Å². The Kier molecular flexibility index (Phi) is 5.42. The van der Waals surface area contributed by atoms with Crippen molar-refractivity contribution in [1.82, 2.24) is 5.32 Å². The van der Waals surface area contributed by atoms with Gasteiger partial charge in [-0.2, -0.15) is 0 Å². The van der Waals surface area contributed by atoms with Crippen molar-refractivity contribution in [2.24, 2.45) is 5.73 Å². The second-order valence-electron chi connectivity index (χ2n) is 3.59. The molecule has 3 N–H and O–H groups in total. The monoisotopic (exact) mass is 240 g/mol. The first-order valence-corrected chi connectivity index (χ1v) is 5.53. The molecule has 0 bridgehead atoms. The average Bonchev–Trinajstić information content (AvgIpc) is 2.28. The number of nitrogens with two attached hydrogens (primary N) is 1. The summed E-state index contributed by atoms with van der Waals surface area (Å²) in [4.78, 5) is 10.5. The minimum absolute atomic E-state index is 0.138. The number of benzene rings is 1. The molecule has 1 amide bonds. The van der Waals surface area contributed by atoms with Crippen molar-refractivity contribution in [2.75, 3.05) is 19.7 Å². The summed E-state index contributed by atoms with van der Waals surface area (Å²) in [7, 11) is 0. The van der Waals surface area contributed by atoms with Gasteiger partial charge in [0.15, 0.2) is 11.6 Å². The van der Waals surface area contributed by atoms with Gasteiger partial charge in [0.1, 0.15) is 0 Å². The molecule has 1 aromatic carbocycles. The maximum absolute atomic E-state index is 13.5. The number of hydrogen-bond acceptors (Lipinski definition) is 3. The summed E-state index contributed by atoms with van der Waals surface area (Å²) < 4.78 is 18.6. The van der Waals surface area contributed by atoms with Crippen molar-refractivity contribution >= 4 is 5.91 Å². The Morgan fingerprint density at radius 1 is 1.53 bits per heavy atom. The van der Waals surface area contributed by atoms with Gasteiger partial charge in [-0.25, -0.2) is 4.39 Å². The quantitative estimate of drug-likeness (QED) is 0.694. The Morgan fingerprint density at radius 2 is 2.29 bits per heavy atom. The van der Waals surface area contributed by atoms with E-state index in [9.17, 15) is 9.18 Å². The zero-order valence-electron chi connectivity index (χ0n) is 9.83. The number of rotatable bonds is 7. The van der Waals surface area contributed by atoms with E-state index in [4.69, 9.17) is 10.5 Å². The van der Waals surface area contributed by atoms with Gasteiger partial charge in [-0.1, -0.05) is 6.07 Å². The van der Waals surface area contributed by atoms with Crippen LogP contribution in [0.4, 0.5) is 4.39 Å². The molecule has 0 unspecified atom stereocenters. The molecule has 1 rings (SSSR count). The molecule has 17 heavy (non-hydrogen) atoms. The Bertz CT molecular complexity index is 383. The van der Waals surface area contributed by atoms with Crippen molar-refractivity contribution in [1.29, 1.82) is 0 Å². The lowest BCUT2D eigenvalue weighted by Crippen LogP contribution is -2.29. The predicted octanol–water partition coefficient (Wildman–Crippen LogP) is 0.842. The molecule has 0 saturated heterocycles. The zero-order chi connectivity index (χ0) is 12.7. The van der Waals surface area contributed by atoms with Crippen molar-refractivity contribution < 1.29 is 13.9 Å². The highest BCUT2D eigenvalue weighted by molar-refractivity contribution is 5.75. The van der Waals surface area contributed by atoms with E-state index in [1.807, 2.05) is 0 Å². The van der Waals surface area contributed by atoms with Crippen LogP contribution in [0, 0.1) is 5.82 Å². The summed E-state index contributed by atoms with van der Waals surface area (Å²) in [6.45, 7) is 2.97. The smallest absolute Gasteiger partial charge is 0.231 e. The molecule has 0 radical (unpaired) electrons. The lowest BCUT2D eigenvalue weighted by molar-refractivity contribution is -0.117. The van der Waals surface area contributed by atoms with Crippen molar-refractivity contribution in [2.45, 2.75) is 13.3 Å². The van der Waals surface area contributed by atoms with Crippen LogP contribution < -0.4 is 15.8 Å². The number of amides is 1. The van der Waals surface area contributed by atoms with E-state index in [-0.39, 0.29) is 18.1 Å². The van der Waals surface area contributed by atoms with E-state index in [1.54, 1.807) is 19.1 Å². The first kappa shape index (κ1) is 13.4. The Morgan fingerprint density at radius 3 is 2.88 bits per heavy atom. The topological polar surface area (TPSA) is 64.3 Å². The van der Waals surface area contributed by atoms with E-state index >= 15 is 0 Å². The first-order chi connectivity index (χ1) is 8.13. The van der Waals surface area contributed by atoms with Crippen LogP contribution in [0.15, 0.2) is 18.2 Å². The van der Waals surface area contributed by atoms with Gasteiger partial charge in [0.25, 0.3) is 0 Å². The van der Waals surface area contributed by atoms with Gasteiger partial charge in [0, 0.05) is 0 Å². The first-order valence-electron chi connectivity index (χ1n) is 5.53. The molecule has 0 aliphatic heterocycles. The summed E-state index contributed by atoms with van der Waals surface area (Å²) in [6.07, 6.45) is 0.636. The SMILES string of the molecule is CCOc1ccc(CCNCC(N)=O)cc1F. The second-order valence-corrected chi connectivity index (χ2v) is 3.59. The van der Waals surface area contributed by atoms with Gasteiger partial charge in [0.05, 0.1) is 13.2 Å². The van der Waals surface area contributed by atoms with Gasteiger partial charge < -0.3 is 15.8 Å². The Hall–Kier alpha value is -1.62. The molecule has 0 aliphatic rings. The highest BCUT2D eigenvalue weighted by atomic mass is 19.1. The third-order valence-corrected chi connectivity index (χ3v) is 2.19. The molecule has 94 valence electrons. The summed E-state index contributed by atoms with van der Waals surface area (Å²) in [6, 6.07) is 4.86. The summed E-state index contributed by atoms with van der Waals surface area (Å²) >= 11 is 0. The summed E-state index contributed by atoms with van der Waals surface area (Å²) in [5.74, 6) is -0.497. The fourth-order valence-electron chi connectivity index (χ4n) is 1.42. The Labute approximate surface area is 100.0 Å². The van der Waals surface area contributed by atoms with E-state index in [0.29, 0.717) is 19.6 Å². The third-order valence-electron chi connectivity index (χ3n) is 2.19. The predicted molar refractivity (Wildman–Crippen MR) is 63.3 cm³/mol. The van der Waals surface area contributed by atoms with E-state index in [0.717, 1.165) is 5.56 Å². The van der Waals surface area contributed by atoms with E-state index < -0.39 is 5.91 Å². The number of halogens is 1. The number of nitrogens with one attached hydrogen (secondary N) is 1. The standard InChI is InChI=1S/C12H17FN2O2/c1-2-17-11-4-3-9(7-10(11)13)5-6-15-8-12(14)16/h3-4,7,15H,2,5-6,8H2,1H3,(H2,14,16). The van der Waals surface area contributed by atoms with Gasteiger partial charge in [-0.15, -0.1) is 0 Å². The summed E-state index contributed by atoms with van der Waals surface area (Å²) in [5.41, 5.74) is 5.82. The van der Waals surface area contributed by atoms with Crippen molar-refractivity contribution in [3.8, 4) is 5.75 Å². The molecule has 0 atom stereocenters. The highest BCUT2D eigenvalue weighted by Crippen LogP contribution is 2.18. The van der Waals surface area contributed by atoms with Gasteiger partial charge >= 0.3 is 0 Å². The largest absolute Gasteiger partial charge is 0.491 e. The molecular weight excluding hydrogens is 223 g/mol. The fraction of sp³-hybridized carbons (Fsp3) is 0.417. The van der Waals surface area contributed by atoms with Crippen LogP contribution in [0.2, 0.25) is 0 Å². The minimum Gasteiger partial charge on any atom is -0.491 e. The van der Waals surface area contributed by atoms with Gasteiger partial charge in [-0.3, -0.25) is 4.79 Å². The fourth-order valence-corrected chi connectivity index (χ4v) is 1.42. The van der Waals surface area contributed by atoms with Crippen molar-refractivity contribution in [3.63, 3.8) is 0 Å². The van der Waals surface area contributed by atoms with Crippen LogP contribution in [0.5, 0.6) is 5.75 Å². The van der Waals surface area contributed by atoms with E-state index in [2.05, 4.69) is 5.32 Å². The molecule has 0 spiro atoms. The number of hydrogen-bond donors (Lipinski definition) is 2. The maximum Gasteiger partial charge on any atom is 0.231 e. The molecule has 4 nitrogen and oxygen atoms in total. The Balaban J connectivity index is 2.44. The average molecular weight is 240 g/mol. The van der Waals surface area contributed by atoms with Crippen LogP contribution in [-0.2, 0) is 11.2 Å². The molecule has 0 aliphatic carbocycles. The highest BCUT2D eigenvalue weighted by Gasteiger charge is 2.04. The molecule has 0 saturated carbocycles. The second kappa shape index (κ2) is 6.85. The zero-order valence-corrected chi connectivity index (χ0v) is 9.83. The number of carbonyl (C=O) groups is 1. The van der Waals surface area contributed by atoms with Crippen LogP contribution in [0.3, 0.4) is 0 Å². The van der Waals surface area contributed by atoms with E-state index in [1.165, 1.54) is 6.07 Å². The third kappa shape index (κ3) is 4.82.